The third kappa shape index (κ3) is 5.49. The van der Waals surface area contributed by atoms with E-state index in [4.69, 9.17) is 9.47 Å². The molecule has 1 unspecified atom stereocenters. The minimum absolute atomic E-state index is 0.0316. The van der Waals surface area contributed by atoms with Gasteiger partial charge in [0.25, 0.3) is 5.56 Å². The van der Waals surface area contributed by atoms with Crippen molar-refractivity contribution in [3.05, 3.63) is 96.2 Å². The fourth-order valence-electron chi connectivity index (χ4n) is 4.22. The summed E-state index contributed by atoms with van der Waals surface area (Å²) in [4.78, 5) is 43.2. The average molecular weight is 519 g/mol. The molecule has 2 heterocycles. The Morgan fingerprint density at radius 1 is 1.08 bits per heavy atom. The maximum absolute atomic E-state index is 13.7. The first-order chi connectivity index (χ1) is 17.5. The molecule has 0 saturated heterocycles. The molecule has 0 aliphatic carbocycles. The lowest BCUT2D eigenvalue weighted by Crippen LogP contribution is -2.39. The number of aromatic nitrogens is 1. The van der Waals surface area contributed by atoms with E-state index in [2.05, 4.69) is 37.9 Å². The highest BCUT2D eigenvalue weighted by Crippen LogP contribution is 2.31. The summed E-state index contributed by atoms with van der Waals surface area (Å²) in [6.45, 7) is 11.5. The summed E-state index contributed by atoms with van der Waals surface area (Å²) in [5.41, 5.74) is 3.37. The lowest BCUT2D eigenvalue weighted by atomic mass is 9.87. The first-order valence-electron chi connectivity index (χ1n) is 12.1. The summed E-state index contributed by atoms with van der Waals surface area (Å²) in [7, 11) is 0. The molecule has 1 aliphatic rings. The van der Waals surface area contributed by atoms with Crippen molar-refractivity contribution in [2.24, 2.45) is 4.99 Å². The minimum Gasteiger partial charge on any atom is -0.463 e. The van der Waals surface area contributed by atoms with Crippen LogP contribution < -0.4 is 19.6 Å². The molecule has 0 bridgehead atoms. The van der Waals surface area contributed by atoms with Crippen molar-refractivity contribution in [1.29, 1.82) is 0 Å². The van der Waals surface area contributed by atoms with Gasteiger partial charge >= 0.3 is 11.9 Å². The van der Waals surface area contributed by atoms with Crippen LogP contribution in [0.1, 0.15) is 64.3 Å². The Hall–Kier alpha value is -3.78. The Balaban J connectivity index is 1.86. The summed E-state index contributed by atoms with van der Waals surface area (Å²) in [6, 6.07) is 14.2. The topological polar surface area (TPSA) is 87.0 Å². The fraction of sp³-hybridized carbons (Fsp3) is 0.310. The molecule has 0 saturated carbocycles. The number of carbonyl (C=O) groups is 2. The zero-order valence-corrected chi connectivity index (χ0v) is 22.6. The molecular weight excluding hydrogens is 488 g/mol. The summed E-state index contributed by atoms with van der Waals surface area (Å²) in [5, 5.41) is 0. The third-order valence-corrected chi connectivity index (χ3v) is 7.03. The minimum atomic E-state index is -0.730. The van der Waals surface area contributed by atoms with Crippen LogP contribution in [0.25, 0.3) is 6.08 Å². The monoisotopic (exact) mass is 518 g/mol. The summed E-state index contributed by atoms with van der Waals surface area (Å²) >= 11 is 1.28. The molecular formula is C29H30N2O5S. The molecule has 8 heteroatoms. The van der Waals surface area contributed by atoms with Gasteiger partial charge in [0.05, 0.1) is 28.5 Å². The van der Waals surface area contributed by atoms with E-state index >= 15 is 0 Å². The lowest BCUT2D eigenvalue weighted by molar-refractivity contribution is -0.139. The van der Waals surface area contributed by atoms with Crippen LogP contribution in [0.15, 0.2) is 69.6 Å². The van der Waals surface area contributed by atoms with Gasteiger partial charge in [-0.1, -0.05) is 68.5 Å². The Bertz CT molecular complexity index is 1550. The number of nitrogens with zero attached hydrogens (tertiary/aromatic N) is 2. The lowest BCUT2D eigenvalue weighted by Gasteiger charge is -2.24. The number of allylic oxidation sites excluding steroid dienone is 1. The third-order valence-electron chi connectivity index (χ3n) is 6.05. The second kappa shape index (κ2) is 10.3. The van der Waals surface area contributed by atoms with Gasteiger partial charge in [0.15, 0.2) is 4.80 Å². The van der Waals surface area contributed by atoms with Gasteiger partial charge in [0.2, 0.25) is 0 Å². The molecule has 3 aromatic rings. The quantitative estimate of drug-likeness (QED) is 0.376. The second-order valence-electron chi connectivity index (χ2n) is 9.84. The first-order valence-corrected chi connectivity index (χ1v) is 12.9. The molecule has 1 atom stereocenters. The van der Waals surface area contributed by atoms with E-state index in [0.717, 1.165) is 5.56 Å². The molecule has 4 rings (SSSR count). The van der Waals surface area contributed by atoms with E-state index in [1.807, 2.05) is 18.2 Å². The molecule has 7 nitrogen and oxygen atoms in total. The molecule has 0 N–H and O–H groups in total. The van der Waals surface area contributed by atoms with Crippen molar-refractivity contribution in [3.63, 3.8) is 0 Å². The highest BCUT2D eigenvalue weighted by atomic mass is 32.1. The summed E-state index contributed by atoms with van der Waals surface area (Å²) in [5.74, 6) is -0.579. The molecule has 1 aromatic heterocycles. The maximum Gasteiger partial charge on any atom is 0.338 e. The Morgan fingerprint density at radius 3 is 2.30 bits per heavy atom. The van der Waals surface area contributed by atoms with Crippen molar-refractivity contribution >= 4 is 29.4 Å². The van der Waals surface area contributed by atoms with Gasteiger partial charge in [-0.25, -0.2) is 9.79 Å². The number of esters is 2. The molecule has 0 amide bonds. The molecule has 2 aromatic carbocycles. The standard InChI is InChI=1S/C29H30N2O5S/c1-7-35-27(34)24-17(2)30-28-31(25(24)20-10-14-22(15-11-20)36-18(3)32)26(33)23(37-28)16-19-8-12-21(13-9-19)29(4,5)6/h8-16,25H,7H2,1-6H3/b23-16-. The van der Waals surface area contributed by atoms with Crippen molar-refractivity contribution in [3.8, 4) is 5.75 Å². The number of ether oxygens (including phenoxy) is 2. The van der Waals surface area contributed by atoms with E-state index in [1.54, 1.807) is 42.7 Å². The number of rotatable bonds is 5. The van der Waals surface area contributed by atoms with E-state index in [9.17, 15) is 14.4 Å². The fourth-order valence-corrected chi connectivity index (χ4v) is 5.27. The van der Waals surface area contributed by atoms with Crippen molar-refractivity contribution in [2.75, 3.05) is 6.61 Å². The average Bonchev–Trinajstić information content (AvgIpc) is 3.12. The highest BCUT2D eigenvalue weighted by Gasteiger charge is 2.33. The van der Waals surface area contributed by atoms with E-state index in [-0.39, 0.29) is 17.6 Å². The molecule has 192 valence electrons. The largest absolute Gasteiger partial charge is 0.463 e. The van der Waals surface area contributed by atoms with Gasteiger partial charge in [-0.2, -0.15) is 0 Å². The van der Waals surface area contributed by atoms with Gasteiger partial charge < -0.3 is 9.47 Å². The smallest absolute Gasteiger partial charge is 0.338 e. The van der Waals surface area contributed by atoms with E-state index in [0.29, 0.717) is 31.9 Å². The number of fused-ring (bicyclic) bond motifs is 1. The van der Waals surface area contributed by atoms with Crippen LogP contribution in [-0.2, 0) is 19.7 Å². The zero-order chi connectivity index (χ0) is 26.9. The van der Waals surface area contributed by atoms with E-state index < -0.39 is 18.0 Å². The number of hydrogen-bond donors (Lipinski definition) is 0. The van der Waals surface area contributed by atoms with Crippen LogP contribution in [0.5, 0.6) is 5.75 Å². The van der Waals surface area contributed by atoms with Gasteiger partial charge in [0, 0.05) is 6.92 Å². The van der Waals surface area contributed by atoms with Crippen LogP contribution in [0, 0.1) is 0 Å². The van der Waals surface area contributed by atoms with Gasteiger partial charge in [0.1, 0.15) is 5.75 Å². The van der Waals surface area contributed by atoms with Gasteiger partial charge in [-0.3, -0.25) is 14.2 Å². The molecule has 0 fully saturated rings. The van der Waals surface area contributed by atoms with E-state index in [1.165, 1.54) is 23.8 Å². The number of thiazole rings is 1. The zero-order valence-electron chi connectivity index (χ0n) is 21.8. The van der Waals surface area contributed by atoms with Crippen LogP contribution in [0.3, 0.4) is 0 Å². The molecule has 1 aliphatic heterocycles. The normalized spacial score (nSPS) is 15.7. The van der Waals surface area contributed by atoms with Crippen molar-refractivity contribution in [2.45, 2.75) is 53.0 Å². The summed E-state index contributed by atoms with van der Waals surface area (Å²) < 4.78 is 12.5. The summed E-state index contributed by atoms with van der Waals surface area (Å²) in [6.07, 6.45) is 1.85. The second-order valence-corrected chi connectivity index (χ2v) is 10.8. The van der Waals surface area contributed by atoms with Crippen molar-refractivity contribution < 1.29 is 19.1 Å². The van der Waals surface area contributed by atoms with Crippen LogP contribution in [0.4, 0.5) is 0 Å². The van der Waals surface area contributed by atoms with Crippen LogP contribution in [-0.4, -0.2) is 23.1 Å². The highest BCUT2D eigenvalue weighted by molar-refractivity contribution is 7.07. The SMILES string of the molecule is CCOC(=O)C1=C(C)N=c2s/c(=C\c3ccc(C(C)(C)C)cc3)c(=O)n2C1c1ccc(OC(C)=O)cc1. The number of benzene rings is 2. The van der Waals surface area contributed by atoms with Gasteiger partial charge in [-0.05, 0) is 54.2 Å². The van der Waals surface area contributed by atoms with Crippen LogP contribution in [0.2, 0.25) is 0 Å². The number of hydrogen-bond acceptors (Lipinski definition) is 7. The van der Waals surface area contributed by atoms with Crippen LogP contribution >= 0.6 is 11.3 Å². The maximum atomic E-state index is 13.7. The molecule has 0 spiro atoms. The predicted molar refractivity (Wildman–Crippen MR) is 143 cm³/mol. The Labute approximate surface area is 219 Å². The molecule has 0 radical (unpaired) electrons. The number of carbonyl (C=O) groups excluding carboxylic acids is 2. The molecule has 37 heavy (non-hydrogen) atoms. The first kappa shape index (κ1) is 26.3. The Morgan fingerprint density at radius 2 is 1.73 bits per heavy atom. The predicted octanol–water partition coefficient (Wildman–Crippen LogP) is 4.02. The van der Waals surface area contributed by atoms with Gasteiger partial charge in [-0.15, -0.1) is 0 Å². The Kier molecular flexibility index (Phi) is 7.32. The van der Waals surface area contributed by atoms with Crippen molar-refractivity contribution in [1.82, 2.24) is 4.57 Å².